The number of nitrogens with zero attached hydrogens (tertiary/aromatic N) is 4. The van der Waals surface area contributed by atoms with Gasteiger partial charge in [0, 0.05) is 56.3 Å². The number of aromatic nitrogens is 2. The van der Waals surface area contributed by atoms with Gasteiger partial charge in [-0.05, 0) is 31.7 Å². The third-order valence-corrected chi connectivity index (χ3v) is 6.43. The Morgan fingerprint density at radius 2 is 1.94 bits per heavy atom. The summed E-state index contributed by atoms with van der Waals surface area (Å²) in [4.78, 5) is 25.7. The number of carbonyl (C=O) groups is 2. The van der Waals surface area contributed by atoms with E-state index in [1.165, 1.54) is 5.56 Å². The molecule has 1 aromatic rings. The minimum Gasteiger partial charge on any atom is -0.475 e. The summed E-state index contributed by atoms with van der Waals surface area (Å²) in [5, 5.41) is 11.3. The molecular weight excluding hydrogens is 420 g/mol. The zero-order chi connectivity index (χ0) is 23.0. The van der Waals surface area contributed by atoms with E-state index in [2.05, 4.69) is 16.9 Å². The monoisotopic (exact) mass is 448 g/mol. The lowest BCUT2D eigenvalue weighted by molar-refractivity contribution is -0.192. The van der Waals surface area contributed by atoms with Crippen LogP contribution in [0.1, 0.15) is 31.7 Å². The van der Waals surface area contributed by atoms with Crippen LogP contribution in [-0.2, 0) is 23.2 Å². The molecule has 0 bridgehead atoms. The number of aryl methyl sites for hydroxylation is 1. The van der Waals surface area contributed by atoms with Gasteiger partial charge in [0.15, 0.2) is 0 Å². The highest BCUT2D eigenvalue weighted by atomic mass is 19.4. The average molecular weight is 448 g/mol. The number of likely N-dealkylation sites (tertiary alicyclic amines) is 2. The highest BCUT2D eigenvalue weighted by molar-refractivity contribution is 5.81. The number of carboxylic acid groups (broad SMARTS) is 1. The van der Waals surface area contributed by atoms with Crippen molar-refractivity contribution in [1.29, 1.82) is 0 Å². The van der Waals surface area contributed by atoms with Crippen molar-refractivity contribution in [3.8, 4) is 0 Å². The van der Waals surface area contributed by atoms with Crippen LogP contribution in [0.5, 0.6) is 0 Å². The van der Waals surface area contributed by atoms with E-state index in [0.29, 0.717) is 25.4 Å². The molecule has 2 aliphatic heterocycles. The Bertz CT molecular complexity index is 815. The molecule has 1 saturated carbocycles. The zero-order valence-electron chi connectivity index (χ0n) is 17.6. The van der Waals surface area contributed by atoms with E-state index >= 15 is 0 Å². The van der Waals surface area contributed by atoms with E-state index in [1.807, 2.05) is 24.3 Å². The molecule has 4 atom stereocenters. The SMILES string of the molecule is CC1CC1C(=O)N1CCC(F)C2(CCN(Cc3cnn(C)c3)C2)C1.O=C(O)C(F)(F)F. The second kappa shape index (κ2) is 8.76. The van der Waals surface area contributed by atoms with Crippen LogP contribution < -0.4 is 0 Å². The molecule has 7 nitrogen and oxygen atoms in total. The second-order valence-electron chi connectivity index (χ2n) is 8.98. The number of carbonyl (C=O) groups excluding carboxylic acids is 1. The van der Waals surface area contributed by atoms with Gasteiger partial charge in [0.2, 0.25) is 5.91 Å². The van der Waals surface area contributed by atoms with Crippen molar-refractivity contribution >= 4 is 11.9 Å². The van der Waals surface area contributed by atoms with Gasteiger partial charge in [-0.1, -0.05) is 6.92 Å². The lowest BCUT2D eigenvalue weighted by atomic mass is 9.77. The van der Waals surface area contributed by atoms with Crippen molar-refractivity contribution in [3.05, 3.63) is 18.0 Å². The molecule has 1 aliphatic carbocycles. The van der Waals surface area contributed by atoms with E-state index in [-0.39, 0.29) is 17.2 Å². The van der Waals surface area contributed by atoms with Crippen LogP contribution in [-0.4, -0.2) is 75.1 Å². The lowest BCUT2D eigenvalue weighted by Crippen LogP contribution is -2.53. The molecular formula is C20H28F4N4O3. The molecule has 2 saturated heterocycles. The van der Waals surface area contributed by atoms with Crippen LogP contribution in [0.25, 0.3) is 0 Å². The molecule has 1 aromatic heterocycles. The molecule has 1 N–H and O–H groups in total. The first kappa shape index (κ1) is 23.5. The smallest absolute Gasteiger partial charge is 0.475 e. The fraction of sp³-hybridized carbons (Fsp3) is 0.750. The van der Waals surface area contributed by atoms with Crippen LogP contribution in [0.15, 0.2) is 12.4 Å². The maximum absolute atomic E-state index is 14.8. The Hall–Kier alpha value is -2.17. The number of carboxylic acids is 1. The number of piperidine rings is 1. The quantitative estimate of drug-likeness (QED) is 0.719. The molecule has 1 amide bonds. The van der Waals surface area contributed by atoms with Crippen LogP contribution >= 0.6 is 0 Å². The van der Waals surface area contributed by atoms with Gasteiger partial charge in [-0.3, -0.25) is 14.4 Å². The molecule has 31 heavy (non-hydrogen) atoms. The highest BCUT2D eigenvalue weighted by Crippen LogP contribution is 2.44. The van der Waals surface area contributed by atoms with Gasteiger partial charge >= 0.3 is 12.1 Å². The Kier molecular flexibility index (Phi) is 6.64. The number of amides is 1. The Labute approximate surface area is 178 Å². The minimum absolute atomic E-state index is 0.200. The number of rotatable bonds is 3. The number of hydrogen-bond acceptors (Lipinski definition) is 4. The van der Waals surface area contributed by atoms with Crippen LogP contribution in [0.4, 0.5) is 17.6 Å². The predicted octanol–water partition coefficient (Wildman–Crippen LogP) is 2.47. The molecule has 0 radical (unpaired) electrons. The molecule has 3 heterocycles. The van der Waals surface area contributed by atoms with Crippen molar-refractivity contribution in [1.82, 2.24) is 19.6 Å². The van der Waals surface area contributed by atoms with Gasteiger partial charge in [-0.25, -0.2) is 9.18 Å². The first-order chi connectivity index (χ1) is 14.4. The third-order valence-electron chi connectivity index (χ3n) is 6.43. The van der Waals surface area contributed by atoms with E-state index in [4.69, 9.17) is 9.90 Å². The van der Waals surface area contributed by atoms with Gasteiger partial charge in [-0.15, -0.1) is 0 Å². The fourth-order valence-electron chi connectivity index (χ4n) is 4.54. The predicted molar refractivity (Wildman–Crippen MR) is 103 cm³/mol. The molecule has 4 rings (SSSR count). The Morgan fingerprint density at radius 1 is 1.29 bits per heavy atom. The van der Waals surface area contributed by atoms with Gasteiger partial charge in [-0.2, -0.15) is 18.3 Å². The zero-order valence-corrected chi connectivity index (χ0v) is 17.6. The summed E-state index contributed by atoms with van der Waals surface area (Å²) in [7, 11) is 1.91. The van der Waals surface area contributed by atoms with Crippen molar-refractivity contribution in [2.24, 2.45) is 24.3 Å². The summed E-state index contributed by atoms with van der Waals surface area (Å²) in [6.07, 6.45) is 0.365. The summed E-state index contributed by atoms with van der Waals surface area (Å²) in [6.45, 7) is 5.78. The van der Waals surface area contributed by atoms with E-state index in [0.717, 1.165) is 32.5 Å². The summed E-state index contributed by atoms with van der Waals surface area (Å²) < 4.78 is 48.3. The number of alkyl halides is 4. The minimum atomic E-state index is -5.08. The van der Waals surface area contributed by atoms with E-state index in [9.17, 15) is 22.4 Å². The Morgan fingerprint density at radius 3 is 2.45 bits per heavy atom. The van der Waals surface area contributed by atoms with E-state index < -0.39 is 18.3 Å². The van der Waals surface area contributed by atoms with Crippen molar-refractivity contribution < 1.29 is 32.3 Å². The van der Waals surface area contributed by atoms with Gasteiger partial charge in [0.25, 0.3) is 0 Å². The lowest BCUT2D eigenvalue weighted by Gasteiger charge is -2.43. The first-order valence-electron chi connectivity index (χ1n) is 10.3. The molecule has 174 valence electrons. The number of hydrogen-bond donors (Lipinski definition) is 1. The normalized spacial score (nSPS) is 30.8. The molecule has 3 fully saturated rings. The van der Waals surface area contributed by atoms with Crippen molar-refractivity contribution in [3.63, 3.8) is 0 Å². The highest BCUT2D eigenvalue weighted by Gasteiger charge is 2.51. The molecule has 0 aromatic carbocycles. The van der Waals surface area contributed by atoms with Crippen LogP contribution in [0.3, 0.4) is 0 Å². The van der Waals surface area contributed by atoms with Gasteiger partial charge in [0.1, 0.15) is 6.17 Å². The fourth-order valence-corrected chi connectivity index (χ4v) is 4.54. The Balaban J connectivity index is 0.000000339. The number of halogens is 4. The summed E-state index contributed by atoms with van der Waals surface area (Å²) in [5.74, 6) is -1.78. The van der Waals surface area contributed by atoms with E-state index in [1.54, 1.807) is 4.68 Å². The number of aliphatic carboxylic acids is 1. The summed E-state index contributed by atoms with van der Waals surface area (Å²) >= 11 is 0. The maximum atomic E-state index is 14.8. The van der Waals surface area contributed by atoms with Crippen LogP contribution in [0.2, 0.25) is 0 Å². The van der Waals surface area contributed by atoms with Crippen LogP contribution in [0, 0.1) is 17.3 Å². The molecule has 11 heteroatoms. The van der Waals surface area contributed by atoms with Gasteiger partial charge < -0.3 is 10.0 Å². The third kappa shape index (κ3) is 5.55. The van der Waals surface area contributed by atoms with Crippen molar-refractivity contribution in [2.75, 3.05) is 26.2 Å². The summed E-state index contributed by atoms with van der Waals surface area (Å²) in [6, 6.07) is 0. The largest absolute Gasteiger partial charge is 0.490 e. The molecule has 1 spiro atoms. The average Bonchev–Trinajstić information content (AvgIpc) is 3.06. The van der Waals surface area contributed by atoms with Gasteiger partial charge in [0.05, 0.1) is 6.20 Å². The van der Waals surface area contributed by atoms with Crippen molar-refractivity contribution in [2.45, 2.75) is 45.1 Å². The maximum Gasteiger partial charge on any atom is 0.490 e. The topological polar surface area (TPSA) is 78.7 Å². The first-order valence-corrected chi connectivity index (χ1v) is 10.3. The summed E-state index contributed by atoms with van der Waals surface area (Å²) in [5.41, 5.74) is 0.800. The standard InChI is InChI=1S/C18H27FN4O.C2HF3O2/c1-13-7-15(13)17(24)23-5-3-16(19)18(12-23)4-6-22(11-18)10-14-8-20-21(2)9-14;3-2(4,5)1(6)7/h8-9,13,15-16H,3-7,10-12H2,1-2H3;(H,6,7). The molecule has 4 unspecified atom stereocenters. The second-order valence-corrected chi connectivity index (χ2v) is 8.98. The molecule has 3 aliphatic rings.